The van der Waals surface area contributed by atoms with Crippen LogP contribution in [0.5, 0.6) is 0 Å². The summed E-state index contributed by atoms with van der Waals surface area (Å²) in [6.07, 6.45) is 0. The molecule has 3 heteroatoms. The van der Waals surface area contributed by atoms with Gasteiger partial charge in [0.2, 0.25) is 0 Å². The Labute approximate surface area is 94.4 Å². The first-order chi connectivity index (χ1) is 6.18. The van der Waals surface area contributed by atoms with Gasteiger partial charge in [-0.1, -0.05) is 0 Å². The van der Waals surface area contributed by atoms with E-state index in [1.165, 1.54) is 24.7 Å². The second-order valence-electron chi connectivity index (χ2n) is 3.00. The highest BCUT2D eigenvalue weighted by atomic mass is 79.9. The normalized spacial score (nSPS) is 10.7. The molecule has 2 rings (SSSR count). The monoisotopic (exact) mass is 272 g/mol. The van der Waals surface area contributed by atoms with Gasteiger partial charge in [-0.15, -0.1) is 22.7 Å². The van der Waals surface area contributed by atoms with Crippen molar-refractivity contribution in [1.82, 2.24) is 0 Å². The Morgan fingerprint density at radius 1 is 1.23 bits per heavy atom. The van der Waals surface area contributed by atoms with Crippen LogP contribution >= 0.6 is 38.6 Å². The molecule has 0 spiro atoms. The topological polar surface area (TPSA) is 0 Å². The lowest BCUT2D eigenvalue weighted by Crippen LogP contribution is -1.67. The van der Waals surface area contributed by atoms with E-state index in [9.17, 15) is 0 Å². The second kappa shape index (κ2) is 3.56. The van der Waals surface area contributed by atoms with Crippen molar-refractivity contribution >= 4 is 38.6 Å². The van der Waals surface area contributed by atoms with E-state index in [2.05, 4.69) is 47.3 Å². The zero-order valence-corrected chi connectivity index (χ0v) is 10.6. The zero-order valence-electron chi connectivity index (χ0n) is 7.43. The van der Waals surface area contributed by atoms with E-state index in [0.29, 0.717) is 0 Å². The number of halogens is 1. The maximum absolute atomic E-state index is 3.55. The summed E-state index contributed by atoms with van der Waals surface area (Å²) in [7, 11) is 0. The van der Waals surface area contributed by atoms with Crippen LogP contribution in [-0.2, 0) is 0 Å². The zero-order chi connectivity index (χ0) is 9.42. The van der Waals surface area contributed by atoms with Crippen LogP contribution in [0.1, 0.15) is 11.1 Å². The third kappa shape index (κ3) is 1.73. The van der Waals surface area contributed by atoms with E-state index >= 15 is 0 Å². The summed E-state index contributed by atoms with van der Waals surface area (Å²) in [6.45, 7) is 4.29. The minimum absolute atomic E-state index is 1.25. The lowest BCUT2D eigenvalue weighted by atomic mass is 10.2. The van der Waals surface area contributed by atoms with Crippen LogP contribution in [0.25, 0.3) is 9.75 Å². The van der Waals surface area contributed by atoms with Crippen molar-refractivity contribution in [3.05, 3.63) is 32.4 Å². The summed E-state index contributed by atoms with van der Waals surface area (Å²) in [5, 5.41) is 2.15. The molecule has 0 radical (unpaired) electrons. The summed E-state index contributed by atoms with van der Waals surface area (Å²) in [4.78, 5) is 2.77. The van der Waals surface area contributed by atoms with Gasteiger partial charge in [-0.05, 0) is 58.4 Å². The summed E-state index contributed by atoms with van der Waals surface area (Å²) in [5.74, 6) is 0. The van der Waals surface area contributed by atoms with Crippen LogP contribution < -0.4 is 0 Å². The summed E-state index contributed by atoms with van der Waals surface area (Å²) in [6, 6.07) is 4.41. The summed E-state index contributed by atoms with van der Waals surface area (Å²) in [5.41, 5.74) is 2.70. The number of rotatable bonds is 1. The molecule has 0 aliphatic carbocycles. The van der Waals surface area contributed by atoms with Crippen LogP contribution in [0.2, 0.25) is 0 Å². The highest BCUT2D eigenvalue weighted by Gasteiger charge is 2.08. The fourth-order valence-electron chi connectivity index (χ4n) is 1.20. The maximum Gasteiger partial charge on any atom is 0.0734 e. The summed E-state index contributed by atoms with van der Waals surface area (Å²) >= 11 is 7.18. The van der Waals surface area contributed by atoms with Crippen molar-refractivity contribution in [3.63, 3.8) is 0 Å². The average Bonchev–Trinajstić information content (AvgIpc) is 2.60. The van der Waals surface area contributed by atoms with Gasteiger partial charge in [-0.25, -0.2) is 0 Å². The van der Waals surface area contributed by atoms with Crippen LogP contribution in [0.3, 0.4) is 0 Å². The van der Waals surface area contributed by atoms with Gasteiger partial charge in [0.25, 0.3) is 0 Å². The molecule has 0 saturated heterocycles. The third-order valence-corrected chi connectivity index (χ3v) is 5.28. The molecule has 0 nitrogen and oxygen atoms in total. The van der Waals surface area contributed by atoms with Gasteiger partial charge < -0.3 is 0 Å². The predicted octanol–water partition coefficient (Wildman–Crippen LogP) is 4.86. The minimum atomic E-state index is 1.25. The molecule has 2 heterocycles. The number of thiophene rings is 2. The Hall–Kier alpha value is -0.120. The van der Waals surface area contributed by atoms with E-state index < -0.39 is 0 Å². The number of hydrogen-bond acceptors (Lipinski definition) is 2. The van der Waals surface area contributed by atoms with Gasteiger partial charge in [0.1, 0.15) is 0 Å². The lowest BCUT2D eigenvalue weighted by molar-refractivity contribution is 1.52. The molecule has 68 valence electrons. The largest absolute Gasteiger partial charge is 0.143 e. The second-order valence-corrected chi connectivity index (χ2v) is 6.29. The van der Waals surface area contributed by atoms with Crippen LogP contribution in [0.4, 0.5) is 0 Å². The van der Waals surface area contributed by atoms with Crippen LogP contribution in [0, 0.1) is 13.8 Å². The van der Waals surface area contributed by atoms with Crippen molar-refractivity contribution in [2.45, 2.75) is 13.8 Å². The van der Waals surface area contributed by atoms with Gasteiger partial charge in [-0.3, -0.25) is 0 Å². The van der Waals surface area contributed by atoms with Gasteiger partial charge in [0, 0.05) is 9.75 Å². The predicted molar refractivity (Wildman–Crippen MR) is 64.8 cm³/mol. The molecule has 0 aliphatic rings. The van der Waals surface area contributed by atoms with E-state index in [-0.39, 0.29) is 0 Å². The van der Waals surface area contributed by atoms with E-state index in [0.717, 1.165) is 0 Å². The molecule has 2 aromatic heterocycles. The van der Waals surface area contributed by atoms with Gasteiger partial charge in [-0.2, -0.15) is 0 Å². The van der Waals surface area contributed by atoms with Crippen LogP contribution in [0.15, 0.2) is 21.3 Å². The molecule has 0 unspecified atom stereocenters. The highest BCUT2D eigenvalue weighted by Crippen LogP contribution is 2.38. The molecule has 0 aromatic carbocycles. The fourth-order valence-corrected chi connectivity index (χ4v) is 3.84. The first kappa shape index (κ1) is 9.44. The maximum atomic E-state index is 3.55. The first-order valence-electron chi connectivity index (χ1n) is 3.99. The van der Waals surface area contributed by atoms with Gasteiger partial charge >= 0.3 is 0 Å². The van der Waals surface area contributed by atoms with Crippen molar-refractivity contribution in [2.24, 2.45) is 0 Å². The van der Waals surface area contributed by atoms with E-state index in [1.807, 2.05) is 22.7 Å². The average molecular weight is 273 g/mol. The van der Waals surface area contributed by atoms with E-state index in [1.54, 1.807) is 0 Å². The number of hydrogen-bond donors (Lipinski definition) is 0. The molecule has 0 aliphatic heterocycles. The SMILES string of the molecule is Cc1cc(-c2sccc2C)sc1Br. The van der Waals surface area contributed by atoms with E-state index in [4.69, 9.17) is 0 Å². The fraction of sp³-hybridized carbons (Fsp3) is 0.200. The molecule has 0 amide bonds. The molecular weight excluding hydrogens is 264 g/mol. The Kier molecular flexibility index (Phi) is 2.58. The van der Waals surface area contributed by atoms with Crippen molar-refractivity contribution in [2.75, 3.05) is 0 Å². The quantitative estimate of drug-likeness (QED) is 0.696. The van der Waals surface area contributed by atoms with Crippen LogP contribution in [-0.4, -0.2) is 0 Å². The molecule has 0 atom stereocenters. The molecule has 0 saturated carbocycles. The Morgan fingerprint density at radius 2 is 2.00 bits per heavy atom. The number of aryl methyl sites for hydroxylation is 2. The molecule has 0 fully saturated rings. The van der Waals surface area contributed by atoms with Crippen molar-refractivity contribution in [1.29, 1.82) is 0 Å². The van der Waals surface area contributed by atoms with Crippen molar-refractivity contribution in [3.8, 4) is 9.75 Å². The summed E-state index contributed by atoms with van der Waals surface area (Å²) < 4.78 is 1.25. The van der Waals surface area contributed by atoms with Crippen molar-refractivity contribution < 1.29 is 0 Å². The molecule has 2 aromatic rings. The van der Waals surface area contributed by atoms with Gasteiger partial charge in [0.05, 0.1) is 3.79 Å². The first-order valence-corrected chi connectivity index (χ1v) is 6.48. The lowest BCUT2D eigenvalue weighted by Gasteiger charge is -1.92. The molecule has 13 heavy (non-hydrogen) atoms. The minimum Gasteiger partial charge on any atom is -0.143 e. The molecule has 0 bridgehead atoms. The Balaban J connectivity index is 2.53. The third-order valence-electron chi connectivity index (χ3n) is 1.94. The molecular formula is C10H9BrS2. The smallest absolute Gasteiger partial charge is 0.0734 e. The highest BCUT2D eigenvalue weighted by molar-refractivity contribution is 9.11. The standard InChI is InChI=1S/C10H9BrS2/c1-6-3-4-12-9(6)8-5-7(2)10(11)13-8/h3-5H,1-2H3. The Morgan fingerprint density at radius 3 is 2.46 bits per heavy atom. The Bertz CT molecular complexity index is 406. The van der Waals surface area contributed by atoms with Gasteiger partial charge in [0.15, 0.2) is 0 Å². The molecule has 0 N–H and O–H groups in total.